The summed E-state index contributed by atoms with van der Waals surface area (Å²) in [6.07, 6.45) is 0. The first-order chi connectivity index (χ1) is 9.86. The van der Waals surface area contributed by atoms with Crippen molar-refractivity contribution in [3.63, 3.8) is 0 Å². The number of nitrogens with one attached hydrogen (secondary N) is 1. The molecule has 1 N–H and O–H groups in total. The van der Waals surface area contributed by atoms with Gasteiger partial charge in [-0.3, -0.25) is 9.59 Å². The molecule has 1 aromatic rings. The molecule has 0 aromatic heterocycles. The fraction of sp³-hybridized carbons (Fsp3) is 0.308. The molecule has 0 unspecified atom stereocenters. The number of carbonyl (C=O) groups is 3. The van der Waals surface area contributed by atoms with Gasteiger partial charge >= 0.3 is 5.97 Å². The van der Waals surface area contributed by atoms with Crippen LogP contribution >= 0.6 is 11.6 Å². The number of likely N-dealkylation sites (N-methyl/N-ethyl adjacent to an activating group) is 2. The first-order valence-corrected chi connectivity index (χ1v) is 6.30. The van der Waals surface area contributed by atoms with E-state index in [1.54, 1.807) is 0 Å². The third-order valence-electron chi connectivity index (χ3n) is 2.58. The Morgan fingerprint density at radius 3 is 2.62 bits per heavy atom. The summed E-state index contributed by atoms with van der Waals surface area (Å²) in [5.74, 6) is -2.84. The van der Waals surface area contributed by atoms with Gasteiger partial charge in [-0.25, -0.2) is 9.18 Å². The average Bonchev–Trinajstić information content (AvgIpc) is 2.44. The maximum Gasteiger partial charge on any atom is 0.343 e. The molecule has 0 spiro atoms. The van der Waals surface area contributed by atoms with Crippen molar-refractivity contribution in [2.45, 2.75) is 0 Å². The van der Waals surface area contributed by atoms with Gasteiger partial charge in [-0.1, -0.05) is 17.7 Å². The van der Waals surface area contributed by atoms with E-state index in [-0.39, 0.29) is 17.5 Å². The summed E-state index contributed by atoms with van der Waals surface area (Å²) in [5, 5.41) is 2.24. The topological polar surface area (TPSA) is 75.7 Å². The van der Waals surface area contributed by atoms with E-state index in [0.29, 0.717) is 0 Å². The number of nitrogens with zero attached hydrogens (tertiary/aromatic N) is 1. The second-order valence-corrected chi connectivity index (χ2v) is 4.50. The molecule has 0 saturated carbocycles. The van der Waals surface area contributed by atoms with Crippen LogP contribution in [0.1, 0.15) is 10.4 Å². The van der Waals surface area contributed by atoms with E-state index in [9.17, 15) is 18.8 Å². The zero-order valence-corrected chi connectivity index (χ0v) is 12.2. The lowest BCUT2D eigenvalue weighted by molar-refractivity contribution is -0.137. The molecule has 2 amide bonds. The Labute approximate surface area is 125 Å². The van der Waals surface area contributed by atoms with Gasteiger partial charge in [0, 0.05) is 14.1 Å². The first kappa shape index (κ1) is 16.9. The van der Waals surface area contributed by atoms with Crippen LogP contribution in [0.15, 0.2) is 18.2 Å². The number of benzene rings is 1. The van der Waals surface area contributed by atoms with Crippen LogP contribution in [-0.4, -0.2) is 49.9 Å². The second kappa shape index (κ2) is 7.58. The van der Waals surface area contributed by atoms with Gasteiger partial charge in [-0.05, 0) is 12.1 Å². The van der Waals surface area contributed by atoms with Crippen molar-refractivity contribution in [2.24, 2.45) is 0 Å². The number of rotatable bonds is 5. The lowest BCUT2D eigenvalue weighted by Crippen LogP contribution is -2.39. The van der Waals surface area contributed by atoms with Crippen molar-refractivity contribution in [3.05, 3.63) is 34.6 Å². The standard InChI is InChI=1S/C13H14ClFN2O4/c1-16-10(18)6-17(2)11(19)7-21-13(20)12-8(14)4-3-5-9(12)15/h3-5H,6-7H2,1-2H3,(H,16,18). The van der Waals surface area contributed by atoms with Crippen molar-refractivity contribution < 1.29 is 23.5 Å². The van der Waals surface area contributed by atoms with Crippen LogP contribution in [0.2, 0.25) is 5.02 Å². The quantitative estimate of drug-likeness (QED) is 0.817. The summed E-state index contributed by atoms with van der Waals surface area (Å²) < 4.78 is 18.2. The predicted molar refractivity (Wildman–Crippen MR) is 73.4 cm³/mol. The van der Waals surface area contributed by atoms with Crippen LogP contribution in [0.4, 0.5) is 4.39 Å². The molecule has 0 aliphatic carbocycles. The summed E-state index contributed by atoms with van der Waals surface area (Å²) in [6.45, 7) is -0.787. The van der Waals surface area contributed by atoms with E-state index in [2.05, 4.69) is 5.32 Å². The number of amides is 2. The Balaban J connectivity index is 2.61. The fourth-order valence-electron chi connectivity index (χ4n) is 1.39. The SMILES string of the molecule is CNC(=O)CN(C)C(=O)COC(=O)c1c(F)cccc1Cl. The molecule has 0 bridgehead atoms. The van der Waals surface area contributed by atoms with Crippen molar-refractivity contribution in [2.75, 3.05) is 27.2 Å². The van der Waals surface area contributed by atoms with Gasteiger partial charge in [-0.15, -0.1) is 0 Å². The Morgan fingerprint density at radius 1 is 1.38 bits per heavy atom. The second-order valence-electron chi connectivity index (χ2n) is 4.10. The van der Waals surface area contributed by atoms with E-state index in [1.807, 2.05) is 0 Å². The van der Waals surface area contributed by atoms with Crippen molar-refractivity contribution in [1.82, 2.24) is 10.2 Å². The Kier molecular flexibility index (Phi) is 6.10. The number of carbonyl (C=O) groups excluding carboxylic acids is 3. The number of halogens is 2. The minimum absolute atomic E-state index is 0.105. The maximum absolute atomic E-state index is 13.5. The number of esters is 1. The molecule has 6 nitrogen and oxygen atoms in total. The van der Waals surface area contributed by atoms with Crippen molar-refractivity contribution >= 4 is 29.4 Å². The third-order valence-corrected chi connectivity index (χ3v) is 2.89. The van der Waals surface area contributed by atoms with Gasteiger partial charge < -0.3 is 15.0 Å². The highest BCUT2D eigenvalue weighted by molar-refractivity contribution is 6.33. The molecule has 0 fully saturated rings. The number of ether oxygens (including phenoxy) is 1. The van der Waals surface area contributed by atoms with E-state index >= 15 is 0 Å². The number of hydrogen-bond acceptors (Lipinski definition) is 4. The van der Waals surface area contributed by atoms with Crippen LogP contribution in [0, 0.1) is 5.82 Å². The molecular weight excluding hydrogens is 303 g/mol. The van der Waals surface area contributed by atoms with Crippen LogP contribution < -0.4 is 5.32 Å². The lowest BCUT2D eigenvalue weighted by Gasteiger charge is -2.16. The molecule has 114 valence electrons. The monoisotopic (exact) mass is 316 g/mol. The molecular formula is C13H14ClFN2O4. The van der Waals surface area contributed by atoms with Crippen LogP contribution in [0.25, 0.3) is 0 Å². The zero-order chi connectivity index (χ0) is 16.0. The Morgan fingerprint density at radius 2 is 2.05 bits per heavy atom. The molecule has 0 saturated heterocycles. The summed E-state index contributed by atoms with van der Waals surface area (Å²) in [5.41, 5.74) is -0.430. The number of hydrogen-bond donors (Lipinski definition) is 1. The van der Waals surface area contributed by atoms with Crippen molar-refractivity contribution in [3.8, 4) is 0 Å². The average molecular weight is 317 g/mol. The fourth-order valence-corrected chi connectivity index (χ4v) is 1.63. The zero-order valence-electron chi connectivity index (χ0n) is 11.5. The highest BCUT2D eigenvalue weighted by atomic mass is 35.5. The van der Waals surface area contributed by atoms with E-state index in [1.165, 1.54) is 26.2 Å². The minimum atomic E-state index is -1.04. The Hall–Kier alpha value is -2.15. The molecule has 0 aliphatic heterocycles. The summed E-state index contributed by atoms with van der Waals surface area (Å²) in [7, 11) is 2.81. The van der Waals surface area contributed by atoms with Gasteiger partial charge in [0.25, 0.3) is 5.91 Å². The summed E-state index contributed by atoms with van der Waals surface area (Å²) in [4.78, 5) is 35.5. The third kappa shape index (κ3) is 4.71. The smallest absolute Gasteiger partial charge is 0.343 e. The largest absolute Gasteiger partial charge is 0.452 e. The summed E-state index contributed by atoms with van der Waals surface area (Å²) >= 11 is 5.70. The van der Waals surface area contributed by atoms with Gasteiger partial charge in [0.1, 0.15) is 11.4 Å². The van der Waals surface area contributed by atoms with Gasteiger partial charge in [-0.2, -0.15) is 0 Å². The maximum atomic E-state index is 13.5. The minimum Gasteiger partial charge on any atom is -0.452 e. The van der Waals surface area contributed by atoms with Gasteiger partial charge in [0.05, 0.1) is 11.6 Å². The van der Waals surface area contributed by atoms with E-state index in [0.717, 1.165) is 11.0 Å². The summed E-state index contributed by atoms with van der Waals surface area (Å²) in [6, 6.07) is 3.74. The van der Waals surface area contributed by atoms with Gasteiger partial charge in [0.2, 0.25) is 5.91 Å². The first-order valence-electron chi connectivity index (χ1n) is 5.92. The van der Waals surface area contributed by atoms with E-state index in [4.69, 9.17) is 16.3 Å². The van der Waals surface area contributed by atoms with Crippen LogP contribution in [0.5, 0.6) is 0 Å². The molecule has 21 heavy (non-hydrogen) atoms. The highest BCUT2D eigenvalue weighted by Crippen LogP contribution is 2.19. The van der Waals surface area contributed by atoms with Crippen LogP contribution in [0.3, 0.4) is 0 Å². The molecule has 1 aromatic carbocycles. The normalized spacial score (nSPS) is 9.90. The Bertz CT molecular complexity index is 545. The van der Waals surface area contributed by atoms with Crippen LogP contribution in [-0.2, 0) is 14.3 Å². The van der Waals surface area contributed by atoms with E-state index < -0.39 is 29.9 Å². The lowest BCUT2D eigenvalue weighted by atomic mass is 10.2. The predicted octanol–water partition coefficient (Wildman–Crippen LogP) is 0.840. The molecule has 0 atom stereocenters. The molecule has 0 radical (unpaired) electrons. The van der Waals surface area contributed by atoms with Crippen molar-refractivity contribution in [1.29, 1.82) is 0 Å². The molecule has 8 heteroatoms. The molecule has 0 heterocycles. The molecule has 1 rings (SSSR count). The molecule has 0 aliphatic rings. The van der Waals surface area contributed by atoms with Gasteiger partial charge in [0.15, 0.2) is 6.61 Å². The highest BCUT2D eigenvalue weighted by Gasteiger charge is 2.20.